The maximum atomic E-state index is 9.64. The molecule has 0 bridgehead atoms. The number of β-amino-alcohol motifs (C(OH)–C–C–N with tert-alkyl or cyclic N) is 1. The minimum Gasteiger partial charge on any atom is -0.390 e. The normalized spacial score (nSPS) is 17.5. The molecule has 5 rings (SSSR count). The van der Waals surface area contributed by atoms with Gasteiger partial charge in [-0.25, -0.2) is 4.98 Å². The highest BCUT2D eigenvalue weighted by Crippen LogP contribution is 2.32. The highest BCUT2D eigenvalue weighted by molar-refractivity contribution is 5.85. The summed E-state index contributed by atoms with van der Waals surface area (Å²) in [5.74, 6) is 0. The number of aliphatic hydroxyl groups is 1. The summed E-state index contributed by atoms with van der Waals surface area (Å²) in [5, 5.41) is 10.9. The van der Waals surface area contributed by atoms with Crippen molar-refractivity contribution in [3.63, 3.8) is 0 Å². The van der Waals surface area contributed by atoms with Gasteiger partial charge in [0, 0.05) is 30.6 Å². The third-order valence-corrected chi connectivity index (χ3v) is 5.73. The summed E-state index contributed by atoms with van der Waals surface area (Å²) in [6.07, 6.45) is 3.46. The molecule has 3 aromatic rings. The standard InChI is InChI=1S/C23H24N2O/c1-15-4-2-7-18(8-15)23-20(12-25-13-21(26)14-25)10-19-9-16-5-3-6-17(16)11-22(19)24-23/h2,4,7-11,21,26H,3,5-6,12-14H2,1H3. The summed E-state index contributed by atoms with van der Waals surface area (Å²) in [4.78, 5) is 7.40. The average molecular weight is 344 g/mol. The van der Waals surface area contributed by atoms with Crippen molar-refractivity contribution in [1.82, 2.24) is 9.88 Å². The van der Waals surface area contributed by atoms with E-state index in [-0.39, 0.29) is 6.10 Å². The second-order valence-electron chi connectivity index (χ2n) is 7.88. The van der Waals surface area contributed by atoms with E-state index < -0.39 is 0 Å². The van der Waals surface area contributed by atoms with Gasteiger partial charge < -0.3 is 5.11 Å². The fourth-order valence-corrected chi connectivity index (χ4v) is 4.37. The molecular formula is C23H24N2O. The first-order chi connectivity index (χ1) is 12.7. The first kappa shape index (κ1) is 16.0. The van der Waals surface area contributed by atoms with Crippen LogP contribution < -0.4 is 0 Å². The van der Waals surface area contributed by atoms with E-state index in [1.807, 2.05) is 0 Å². The molecule has 0 amide bonds. The van der Waals surface area contributed by atoms with E-state index in [1.165, 1.54) is 52.5 Å². The largest absolute Gasteiger partial charge is 0.390 e. The lowest BCUT2D eigenvalue weighted by atomic mass is 9.98. The molecule has 1 aromatic heterocycles. The lowest BCUT2D eigenvalue weighted by molar-refractivity contribution is -0.00279. The minimum absolute atomic E-state index is 0.172. The number of aromatic nitrogens is 1. The summed E-state index contributed by atoms with van der Waals surface area (Å²) >= 11 is 0. The Morgan fingerprint density at radius 1 is 1.08 bits per heavy atom. The molecule has 2 aliphatic rings. The summed E-state index contributed by atoms with van der Waals surface area (Å²) in [5.41, 5.74) is 8.85. The second kappa shape index (κ2) is 6.19. The number of hydrogen-bond acceptors (Lipinski definition) is 3. The smallest absolute Gasteiger partial charge is 0.0794 e. The van der Waals surface area contributed by atoms with Crippen molar-refractivity contribution in [2.75, 3.05) is 13.1 Å². The molecule has 2 heterocycles. The maximum Gasteiger partial charge on any atom is 0.0794 e. The van der Waals surface area contributed by atoms with Crippen LogP contribution in [-0.2, 0) is 19.4 Å². The summed E-state index contributed by atoms with van der Waals surface area (Å²) in [6, 6.07) is 15.6. The van der Waals surface area contributed by atoms with Crippen molar-refractivity contribution in [2.45, 2.75) is 38.8 Å². The van der Waals surface area contributed by atoms with E-state index >= 15 is 0 Å². The van der Waals surface area contributed by atoms with Gasteiger partial charge in [0.15, 0.2) is 0 Å². The molecule has 0 saturated carbocycles. The Balaban J connectivity index is 1.65. The fourth-order valence-electron chi connectivity index (χ4n) is 4.37. The van der Waals surface area contributed by atoms with Crippen molar-refractivity contribution < 1.29 is 5.11 Å². The predicted molar refractivity (Wildman–Crippen MR) is 105 cm³/mol. The molecule has 3 heteroatoms. The quantitative estimate of drug-likeness (QED) is 0.783. The molecule has 2 aromatic carbocycles. The van der Waals surface area contributed by atoms with Crippen molar-refractivity contribution in [3.05, 3.63) is 64.7 Å². The van der Waals surface area contributed by atoms with Gasteiger partial charge in [0.2, 0.25) is 0 Å². The van der Waals surface area contributed by atoms with Crippen LogP contribution in [0.1, 0.15) is 28.7 Å². The van der Waals surface area contributed by atoms with Crippen molar-refractivity contribution in [1.29, 1.82) is 0 Å². The molecule has 0 radical (unpaired) electrons. The number of likely N-dealkylation sites (tertiary alicyclic amines) is 1. The van der Waals surface area contributed by atoms with E-state index in [9.17, 15) is 5.11 Å². The zero-order valence-electron chi connectivity index (χ0n) is 15.2. The average Bonchev–Trinajstić information content (AvgIpc) is 3.05. The molecule has 1 N–H and O–H groups in total. The molecule has 0 atom stereocenters. The zero-order valence-corrected chi connectivity index (χ0v) is 15.2. The number of aryl methyl sites for hydroxylation is 3. The van der Waals surface area contributed by atoms with Crippen molar-refractivity contribution in [2.24, 2.45) is 0 Å². The van der Waals surface area contributed by atoms with Crippen LogP contribution >= 0.6 is 0 Å². The van der Waals surface area contributed by atoms with Crippen LogP contribution in [0.25, 0.3) is 22.2 Å². The Kier molecular flexibility index (Phi) is 3.80. The van der Waals surface area contributed by atoms with Gasteiger partial charge in [0.1, 0.15) is 0 Å². The van der Waals surface area contributed by atoms with E-state index in [1.54, 1.807) is 0 Å². The molecule has 132 valence electrons. The molecule has 3 nitrogen and oxygen atoms in total. The molecule has 0 unspecified atom stereocenters. The van der Waals surface area contributed by atoms with Crippen LogP contribution in [0.3, 0.4) is 0 Å². The Bertz CT molecular complexity index is 989. The van der Waals surface area contributed by atoms with Crippen LogP contribution in [0.5, 0.6) is 0 Å². The highest BCUT2D eigenvalue weighted by Gasteiger charge is 2.25. The van der Waals surface area contributed by atoms with Crippen LogP contribution in [-0.4, -0.2) is 34.2 Å². The van der Waals surface area contributed by atoms with E-state index in [0.717, 1.165) is 30.8 Å². The number of fused-ring (bicyclic) bond motifs is 2. The first-order valence-electron chi connectivity index (χ1n) is 9.58. The third-order valence-electron chi connectivity index (χ3n) is 5.73. The first-order valence-corrected chi connectivity index (χ1v) is 9.58. The number of benzene rings is 2. The zero-order chi connectivity index (χ0) is 17.7. The molecule has 1 aliphatic heterocycles. The Hall–Kier alpha value is -2.23. The Labute approximate surface area is 154 Å². The minimum atomic E-state index is -0.172. The van der Waals surface area contributed by atoms with Crippen molar-refractivity contribution in [3.8, 4) is 11.3 Å². The summed E-state index contributed by atoms with van der Waals surface area (Å²) in [7, 11) is 0. The van der Waals surface area contributed by atoms with Gasteiger partial charge in [-0.1, -0.05) is 23.8 Å². The van der Waals surface area contributed by atoms with Gasteiger partial charge in [-0.2, -0.15) is 0 Å². The topological polar surface area (TPSA) is 36.4 Å². The molecular weight excluding hydrogens is 320 g/mol. The summed E-state index contributed by atoms with van der Waals surface area (Å²) < 4.78 is 0. The maximum absolute atomic E-state index is 9.64. The van der Waals surface area contributed by atoms with Gasteiger partial charge >= 0.3 is 0 Å². The van der Waals surface area contributed by atoms with Crippen LogP contribution in [0, 0.1) is 6.92 Å². The van der Waals surface area contributed by atoms with Gasteiger partial charge in [0.05, 0.1) is 17.3 Å². The van der Waals surface area contributed by atoms with Crippen molar-refractivity contribution >= 4 is 10.9 Å². The second-order valence-corrected chi connectivity index (χ2v) is 7.88. The molecule has 1 fully saturated rings. The molecule has 1 aliphatic carbocycles. The number of rotatable bonds is 3. The number of aliphatic hydroxyl groups excluding tert-OH is 1. The van der Waals surface area contributed by atoms with E-state index in [0.29, 0.717) is 0 Å². The Morgan fingerprint density at radius 2 is 1.88 bits per heavy atom. The monoisotopic (exact) mass is 344 g/mol. The lowest BCUT2D eigenvalue weighted by Crippen LogP contribution is -2.49. The SMILES string of the molecule is Cc1cccc(-c2nc3cc4c(cc3cc2CN2CC(O)C2)CCC4)c1. The number of pyridine rings is 1. The fraction of sp³-hybridized carbons (Fsp3) is 0.348. The van der Waals surface area contributed by atoms with Gasteiger partial charge in [-0.3, -0.25) is 4.90 Å². The van der Waals surface area contributed by atoms with Crippen LogP contribution in [0.4, 0.5) is 0 Å². The number of hydrogen-bond donors (Lipinski definition) is 1. The van der Waals surface area contributed by atoms with E-state index in [4.69, 9.17) is 4.98 Å². The molecule has 1 saturated heterocycles. The predicted octanol–water partition coefficient (Wildman–Crippen LogP) is 3.88. The van der Waals surface area contributed by atoms with Gasteiger partial charge in [-0.05, 0) is 67.1 Å². The van der Waals surface area contributed by atoms with Crippen LogP contribution in [0.15, 0.2) is 42.5 Å². The number of nitrogens with zero attached hydrogens (tertiary/aromatic N) is 2. The highest BCUT2D eigenvalue weighted by atomic mass is 16.3. The summed E-state index contributed by atoms with van der Waals surface area (Å²) in [6.45, 7) is 4.49. The third kappa shape index (κ3) is 2.81. The molecule has 0 spiro atoms. The van der Waals surface area contributed by atoms with Crippen LogP contribution in [0.2, 0.25) is 0 Å². The lowest BCUT2D eigenvalue weighted by Gasteiger charge is -2.36. The molecule has 26 heavy (non-hydrogen) atoms. The van der Waals surface area contributed by atoms with E-state index in [2.05, 4.69) is 54.3 Å². The van der Waals surface area contributed by atoms with Gasteiger partial charge in [-0.15, -0.1) is 0 Å². The Morgan fingerprint density at radius 3 is 2.65 bits per heavy atom. The van der Waals surface area contributed by atoms with Gasteiger partial charge in [0.25, 0.3) is 0 Å².